The van der Waals surface area contributed by atoms with Crippen LogP contribution in [0.3, 0.4) is 0 Å². The Labute approximate surface area is 156 Å². The van der Waals surface area contributed by atoms with E-state index in [1.165, 1.54) is 16.7 Å². The first-order chi connectivity index (χ1) is 12.8. The molecule has 146 valence electrons. The summed E-state index contributed by atoms with van der Waals surface area (Å²) in [5.41, 5.74) is -0.909. The normalized spacial score (nSPS) is 17.2. The maximum Gasteiger partial charge on any atom is 0.416 e. The molecule has 3 rings (SSSR count). The smallest absolute Gasteiger partial charge is 0.376 e. The minimum absolute atomic E-state index is 0.0448. The Morgan fingerprint density at radius 2 is 2.11 bits per heavy atom. The number of thioether (sulfide) groups is 1. The fourth-order valence-electron chi connectivity index (χ4n) is 2.64. The van der Waals surface area contributed by atoms with Gasteiger partial charge in [0.05, 0.1) is 24.0 Å². The summed E-state index contributed by atoms with van der Waals surface area (Å²) in [6.07, 6.45) is -2.68. The Balaban J connectivity index is 1.55. The van der Waals surface area contributed by atoms with Crippen LogP contribution in [0, 0.1) is 0 Å². The van der Waals surface area contributed by atoms with E-state index >= 15 is 0 Å². The number of alkyl halides is 3. The molecule has 1 aliphatic heterocycles. The monoisotopic (exact) mass is 402 g/mol. The van der Waals surface area contributed by atoms with Gasteiger partial charge in [0.1, 0.15) is 0 Å². The molecular weight excluding hydrogens is 385 g/mol. The Bertz CT molecular complexity index is 842. The first kappa shape index (κ1) is 19.5. The molecule has 0 radical (unpaired) electrons. The van der Waals surface area contributed by atoms with Crippen LogP contribution >= 0.6 is 11.8 Å². The maximum absolute atomic E-state index is 12.5. The number of hydrogen-bond acceptors (Lipinski definition) is 5. The Morgan fingerprint density at radius 3 is 2.74 bits per heavy atom. The van der Waals surface area contributed by atoms with E-state index in [-0.39, 0.29) is 23.2 Å². The molecule has 2 aromatic rings. The van der Waals surface area contributed by atoms with Crippen LogP contribution in [0.25, 0.3) is 0 Å². The van der Waals surface area contributed by atoms with Gasteiger partial charge in [-0.2, -0.15) is 13.2 Å². The van der Waals surface area contributed by atoms with E-state index in [0.29, 0.717) is 18.3 Å². The largest absolute Gasteiger partial charge is 0.416 e. The standard InChI is InChI=1S/C16H17F3N4O3S/c17-16(18,19)10-3-5-11(6-4-10)20-13(24)9-27-15-22-21-14(25)23(15)8-12-2-1-7-26-12/h3-6,12H,1-2,7-9H2,(H,20,24)(H,21,25). The van der Waals surface area contributed by atoms with Gasteiger partial charge >= 0.3 is 11.9 Å². The van der Waals surface area contributed by atoms with E-state index in [2.05, 4.69) is 15.5 Å². The van der Waals surface area contributed by atoms with Gasteiger partial charge in [-0.25, -0.2) is 9.89 Å². The molecule has 1 atom stereocenters. The predicted octanol–water partition coefficient (Wildman–Crippen LogP) is 2.50. The average Bonchev–Trinajstić information content (AvgIpc) is 3.24. The van der Waals surface area contributed by atoms with Crippen molar-refractivity contribution in [1.29, 1.82) is 0 Å². The number of nitrogens with one attached hydrogen (secondary N) is 2. The lowest BCUT2D eigenvalue weighted by molar-refractivity contribution is -0.137. The topological polar surface area (TPSA) is 89.0 Å². The molecule has 1 amide bonds. The van der Waals surface area contributed by atoms with Crippen molar-refractivity contribution < 1.29 is 22.7 Å². The van der Waals surface area contributed by atoms with Crippen LogP contribution in [0.4, 0.5) is 18.9 Å². The first-order valence-corrected chi connectivity index (χ1v) is 9.18. The van der Waals surface area contributed by atoms with E-state index in [1.54, 1.807) is 0 Å². The highest BCUT2D eigenvalue weighted by Gasteiger charge is 2.30. The molecule has 0 spiro atoms. The molecule has 1 saturated heterocycles. The molecule has 1 aromatic heterocycles. The number of aromatic amines is 1. The van der Waals surface area contributed by atoms with Gasteiger partial charge in [-0.1, -0.05) is 11.8 Å². The second kappa shape index (κ2) is 8.17. The number of ether oxygens (including phenoxy) is 1. The van der Waals surface area contributed by atoms with Crippen LogP contribution in [-0.2, 0) is 22.3 Å². The summed E-state index contributed by atoms with van der Waals surface area (Å²) in [4.78, 5) is 23.9. The number of benzene rings is 1. The van der Waals surface area contributed by atoms with Crippen molar-refractivity contribution >= 4 is 23.4 Å². The Morgan fingerprint density at radius 1 is 1.37 bits per heavy atom. The maximum atomic E-state index is 12.5. The summed E-state index contributed by atoms with van der Waals surface area (Å²) >= 11 is 1.06. The Hall–Kier alpha value is -2.27. The minimum Gasteiger partial charge on any atom is -0.376 e. The predicted molar refractivity (Wildman–Crippen MR) is 92.6 cm³/mol. The zero-order valence-electron chi connectivity index (χ0n) is 14.1. The van der Waals surface area contributed by atoms with Crippen LogP contribution in [0.2, 0.25) is 0 Å². The molecular formula is C16H17F3N4O3S. The summed E-state index contributed by atoms with van der Waals surface area (Å²) in [5, 5.41) is 9.12. The van der Waals surface area contributed by atoms with Gasteiger partial charge in [0.25, 0.3) is 0 Å². The van der Waals surface area contributed by atoms with Crippen molar-refractivity contribution in [3.8, 4) is 0 Å². The Kier molecular flexibility index (Phi) is 5.90. The summed E-state index contributed by atoms with van der Waals surface area (Å²) in [6.45, 7) is 1.02. The van der Waals surface area contributed by atoms with Gasteiger partial charge in [0, 0.05) is 12.3 Å². The molecule has 0 bridgehead atoms. The third-order valence-electron chi connectivity index (χ3n) is 3.96. The number of carbonyl (C=O) groups is 1. The highest BCUT2D eigenvalue weighted by molar-refractivity contribution is 7.99. The summed E-state index contributed by atoms with van der Waals surface area (Å²) in [5.74, 6) is -0.463. The first-order valence-electron chi connectivity index (χ1n) is 8.19. The number of aromatic nitrogens is 3. The molecule has 1 fully saturated rings. The average molecular weight is 402 g/mol. The number of carbonyl (C=O) groups excluding carboxylic acids is 1. The quantitative estimate of drug-likeness (QED) is 0.725. The van der Waals surface area contributed by atoms with Gasteiger partial charge in [0.2, 0.25) is 5.91 Å². The number of amides is 1. The van der Waals surface area contributed by atoms with E-state index in [0.717, 1.165) is 36.7 Å². The number of hydrogen-bond donors (Lipinski definition) is 2. The molecule has 0 saturated carbocycles. The van der Waals surface area contributed by atoms with Crippen LogP contribution < -0.4 is 11.0 Å². The number of nitrogens with zero attached hydrogens (tertiary/aromatic N) is 2. The lowest BCUT2D eigenvalue weighted by Gasteiger charge is -2.11. The van der Waals surface area contributed by atoms with E-state index in [4.69, 9.17) is 4.74 Å². The molecule has 7 nitrogen and oxygen atoms in total. The number of anilines is 1. The van der Waals surface area contributed by atoms with E-state index in [9.17, 15) is 22.8 Å². The lowest BCUT2D eigenvalue weighted by Crippen LogP contribution is -2.25. The number of rotatable bonds is 6. The zero-order valence-corrected chi connectivity index (χ0v) is 14.9. The lowest BCUT2D eigenvalue weighted by atomic mass is 10.2. The second-order valence-corrected chi connectivity index (χ2v) is 6.91. The van der Waals surface area contributed by atoms with E-state index < -0.39 is 17.6 Å². The molecule has 2 heterocycles. The second-order valence-electron chi connectivity index (χ2n) is 5.97. The van der Waals surface area contributed by atoms with Crippen molar-refractivity contribution in [3.63, 3.8) is 0 Å². The molecule has 1 aliphatic rings. The summed E-state index contributed by atoms with van der Waals surface area (Å²) in [7, 11) is 0. The van der Waals surface area contributed by atoms with Crippen LogP contribution in [0.1, 0.15) is 18.4 Å². The third kappa shape index (κ3) is 5.13. The van der Waals surface area contributed by atoms with Gasteiger partial charge < -0.3 is 10.1 Å². The van der Waals surface area contributed by atoms with Crippen molar-refractivity contribution in [3.05, 3.63) is 40.3 Å². The van der Waals surface area contributed by atoms with E-state index in [1.807, 2.05) is 0 Å². The van der Waals surface area contributed by atoms with Gasteiger partial charge in [0.15, 0.2) is 5.16 Å². The molecule has 27 heavy (non-hydrogen) atoms. The molecule has 2 N–H and O–H groups in total. The van der Waals surface area contributed by atoms with Crippen LogP contribution in [0.5, 0.6) is 0 Å². The molecule has 0 aliphatic carbocycles. The minimum atomic E-state index is -4.43. The van der Waals surface area contributed by atoms with Crippen LogP contribution in [0.15, 0.2) is 34.2 Å². The number of halogens is 3. The summed E-state index contributed by atoms with van der Waals surface area (Å²) < 4.78 is 44.5. The van der Waals surface area contributed by atoms with Crippen LogP contribution in [-0.4, -0.2) is 39.1 Å². The van der Waals surface area contributed by atoms with Gasteiger partial charge in [-0.3, -0.25) is 9.36 Å². The third-order valence-corrected chi connectivity index (χ3v) is 4.94. The zero-order chi connectivity index (χ0) is 19.4. The van der Waals surface area contributed by atoms with Crippen molar-refractivity contribution in [2.75, 3.05) is 17.7 Å². The highest BCUT2D eigenvalue weighted by Crippen LogP contribution is 2.29. The molecule has 1 aromatic carbocycles. The van der Waals surface area contributed by atoms with Gasteiger partial charge in [-0.15, -0.1) is 5.10 Å². The van der Waals surface area contributed by atoms with Crippen molar-refractivity contribution in [1.82, 2.24) is 14.8 Å². The fourth-order valence-corrected chi connectivity index (χ4v) is 3.39. The van der Waals surface area contributed by atoms with Crippen molar-refractivity contribution in [2.45, 2.75) is 36.8 Å². The fraction of sp³-hybridized carbons (Fsp3) is 0.438. The van der Waals surface area contributed by atoms with Crippen molar-refractivity contribution in [2.24, 2.45) is 0 Å². The number of H-pyrrole nitrogens is 1. The highest BCUT2D eigenvalue weighted by atomic mass is 32.2. The van der Waals surface area contributed by atoms with Gasteiger partial charge in [-0.05, 0) is 37.1 Å². The summed E-state index contributed by atoms with van der Waals surface area (Å²) in [6, 6.07) is 4.17. The SMILES string of the molecule is O=C(CSc1n[nH]c(=O)n1CC1CCCO1)Nc1ccc(C(F)(F)F)cc1. The molecule has 1 unspecified atom stereocenters. The molecule has 11 heteroatoms.